The van der Waals surface area contributed by atoms with E-state index in [2.05, 4.69) is 5.32 Å². The van der Waals surface area contributed by atoms with Gasteiger partial charge in [-0.2, -0.15) is 5.26 Å². The average Bonchev–Trinajstić information content (AvgIpc) is 2.71. The van der Waals surface area contributed by atoms with E-state index in [1.165, 1.54) is 11.1 Å². The van der Waals surface area contributed by atoms with Gasteiger partial charge in [-0.1, -0.05) is 0 Å². The zero-order valence-electron chi connectivity index (χ0n) is 10.3. The highest BCUT2D eigenvalue weighted by Crippen LogP contribution is 2.33. The van der Waals surface area contributed by atoms with Crippen molar-refractivity contribution in [3.63, 3.8) is 0 Å². The fraction of sp³-hybridized carbons (Fsp3) is 0.636. The standard InChI is InChI=1S/C11H15N3O5/c1-6-3-14(10(18)13-9(6)17)8-2-7(16)11(4-12,5-15)19-8/h3,7-8,10,15-16,18H,2,5H2,1H3,(H,13,17)/t7-,8+,10?,11+/m0/s1. The van der Waals surface area contributed by atoms with Crippen LogP contribution in [0.5, 0.6) is 0 Å². The molecule has 2 aliphatic rings. The van der Waals surface area contributed by atoms with E-state index in [4.69, 9.17) is 10.00 Å². The van der Waals surface area contributed by atoms with Gasteiger partial charge >= 0.3 is 0 Å². The van der Waals surface area contributed by atoms with E-state index in [0.717, 1.165) is 0 Å². The molecule has 4 atom stereocenters. The number of amides is 1. The molecule has 1 fully saturated rings. The Labute approximate surface area is 109 Å². The molecule has 0 bridgehead atoms. The maximum atomic E-state index is 11.3. The summed E-state index contributed by atoms with van der Waals surface area (Å²) >= 11 is 0. The minimum Gasteiger partial charge on any atom is -0.392 e. The Morgan fingerprint density at radius 1 is 1.68 bits per heavy atom. The van der Waals surface area contributed by atoms with Crippen molar-refractivity contribution in [2.75, 3.05) is 6.61 Å². The van der Waals surface area contributed by atoms with Gasteiger partial charge in [-0.3, -0.25) is 4.79 Å². The van der Waals surface area contributed by atoms with Gasteiger partial charge in [0, 0.05) is 18.2 Å². The van der Waals surface area contributed by atoms with E-state index in [1.807, 2.05) is 0 Å². The Hall–Kier alpha value is -1.66. The van der Waals surface area contributed by atoms with Gasteiger partial charge in [0.05, 0.1) is 6.61 Å². The number of hydrogen-bond donors (Lipinski definition) is 4. The predicted octanol–water partition coefficient (Wildman–Crippen LogP) is -2.04. The van der Waals surface area contributed by atoms with Crippen LogP contribution in [0.3, 0.4) is 0 Å². The normalized spacial score (nSPS) is 38.7. The SMILES string of the molecule is CC1=CN([C@H]2C[C@H](O)[C@@](C#N)(CO)O2)C(O)NC1=O. The number of nitrogens with one attached hydrogen (secondary N) is 1. The van der Waals surface area contributed by atoms with Crippen LogP contribution in [0.1, 0.15) is 13.3 Å². The zero-order valence-corrected chi connectivity index (χ0v) is 10.3. The summed E-state index contributed by atoms with van der Waals surface area (Å²) < 4.78 is 5.36. The number of nitriles is 1. The van der Waals surface area contributed by atoms with Crippen molar-refractivity contribution in [1.29, 1.82) is 5.26 Å². The van der Waals surface area contributed by atoms with Crippen LogP contribution in [0.2, 0.25) is 0 Å². The lowest BCUT2D eigenvalue weighted by molar-refractivity contribution is -0.155. The average molecular weight is 269 g/mol. The molecule has 8 heteroatoms. The first-order valence-electron chi connectivity index (χ1n) is 5.76. The van der Waals surface area contributed by atoms with Gasteiger partial charge in [0.15, 0.2) is 0 Å². The smallest absolute Gasteiger partial charge is 0.251 e. The van der Waals surface area contributed by atoms with Gasteiger partial charge in [-0.25, -0.2) is 0 Å². The van der Waals surface area contributed by atoms with Crippen molar-refractivity contribution in [2.45, 2.75) is 37.6 Å². The van der Waals surface area contributed by atoms with Crippen LogP contribution in [0.15, 0.2) is 11.8 Å². The number of ether oxygens (including phenoxy) is 1. The molecule has 0 spiro atoms. The van der Waals surface area contributed by atoms with E-state index in [1.54, 1.807) is 13.0 Å². The second-order valence-electron chi connectivity index (χ2n) is 4.59. The quantitative estimate of drug-likeness (QED) is 0.455. The van der Waals surface area contributed by atoms with Crippen molar-refractivity contribution in [3.8, 4) is 6.07 Å². The lowest BCUT2D eigenvalue weighted by Gasteiger charge is -2.35. The van der Waals surface area contributed by atoms with Crippen LogP contribution in [-0.4, -0.2) is 57.0 Å². The maximum Gasteiger partial charge on any atom is 0.251 e. The molecule has 0 aliphatic carbocycles. The highest BCUT2D eigenvalue weighted by molar-refractivity contribution is 5.93. The van der Waals surface area contributed by atoms with Crippen molar-refractivity contribution in [1.82, 2.24) is 10.2 Å². The molecule has 0 saturated carbocycles. The number of nitrogens with zero attached hydrogens (tertiary/aromatic N) is 2. The third kappa shape index (κ3) is 2.17. The van der Waals surface area contributed by atoms with Crippen LogP contribution in [0, 0.1) is 11.3 Å². The van der Waals surface area contributed by atoms with Gasteiger partial charge < -0.3 is 30.3 Å². The molecule has 1 saturated heterocycles. The maximum absolute atomic E-state index is 11.3. The molecule has 1 amide bonds. The first-order chi connectivity index (χ1) is 8.93. The zero-order chi connectivity index (χ0) is 14.2. The molecular weight excluding hydrogens is 254 g/mol. The number of rotatable bonds is 2. The van der Waals surface area contributed by atoms with Gasteiger partial charge in [0.1, 0.15) is 18.4 Å². The van der Waals surface area contributed by atoms with E-state index in [-0.39, 0.29) is 6.42 Å². The van der Waals surface area contributed by atoms with Gasteiger partial charge in [0.25, 0.3) is 5.91 Å². The molecule has 4 N–H and O–H groups in total. The van der Waals surface area contributed by atoms with E-state index < -0.39 is 36.8 Å². The summed E-state index contributed by atoms with van der Waals surface area (Å²) in [6.45, 7) is 0.906. The summed E-state index contributed by atoms with van der Waals surface area (Å²) in [7, 11) is 0. The topological polar surface area (TPSA) is 126 Å². The fourth-order valence-electron chi connectivity index (χ4n) is 2.11. The van der Waals surface area contributed by atoms with Crippen LogP contribution in [0.4, 0.5) is 0 Å². The first kappa shape index (κ1) is 13.8. The summed E-state index contributed by atoms with van der Waals surface area (Å²) in [6.07, 6.45) is -1.86. The van der Waals surface area contributed by atoms with Gasteiger partial charge in [-0.15, -0.1) is 0 Å². The molecule has 104 valence electrons. The molecule has 2 heterocycles. The third-order valence-electron chi connectivity index (χ3n) is 3.31. The number of carbonyl (C=O) groups excluding carboxylic acids is 1. The Kier molecular flexibility index (Phi) is 3.47. The molecule has 19 heavy (non-hydrogen) atoms. The Morgan fingerprint density at radius 3 is 2.89 bits per heavy atom. The van der Waals surface area contributed by atoms with Crippen molar-refractivity contribution < 1.29 is 24.9 Å². The van der Waals surface area contributed by atoms with E-state index in [0.29, 0.717) is 5.57 Å². The van der Waals surface area contributed by atoms with Crippen LogP contribution in [-0.2, 0) is 9.53 Å². The minimum absolute atomic E-state index is 0.0326. The summed E-state index contributed by atoms with van der Waals surface area (Å²) in [4.78, 5) is 12.6. The summed E-state index contributed by atoms with van der Waals surface area (Å²) in [5.41, 5.74) is -1.34. The number of aliphatic hydroxyl groups is 3. The summed E-state index contributed by atoms with van der Waals surface area (Å²) in [6, 6.07) is 1.74. The van der Waals surface area contributed by atoms with E-state index >= 15 is 0 Å². The molecular formula is C11H15N3O5. The number of aliphatic hydroxyl groups excluding tert-OH is 3. The molecule has 8 nitrogen and oxygen atoms in total. The molecule has 0 radical (unpaired) electrons. The highest BCUT2D eigenvalue weighted by atomic mass is 16.6. The summed E-state index contributed by atoms with van der Waals surface area (Å²) in [5.74, 6) is -0.406. The number of hydrogen-bond acceptors (Lipinski definition) is 7. The second-order valence-corrected chi connectivity index (χ2v) is 4.59. The van der Waals surface area contributed by atoms with Crippen molar-refractivity contribution in [2.24, 2.45) is 0 Å². The second kappa shape index (κ2) is 4.79. The third-order valence-corrected chi connectivity index (χ3v) is 3.31. The Morgan fingerprint density at radius 2 is 2.37 bits per heavy atom. The fourth-order valence-corrected chi connectivity index (χ4v) is 2.11. The molecule has 2 rings (SSSR count). The van der Waals surface area contributed by atoms with Crippen LogP contribution in [0.25, 0.3) is 0 Å². The monoisotopic (exact) mass is 269 g/mol. The van der Waals surface area contributed by atoms with E-state index in [9.17, 15) is 20.1 Å². The van der Waals surface area contributed by atoms with Gasteiger partial charge in [0.2, 0.25) is 12.0 Å². The van der Waals surface area contributed by atoms with Crippen LogP contribution >= 0.6 is 0 Å². The summed E-state index contributed by atoms with van der Waals surface area (Å²) in [5, 5.41) is 40.1. The lowest BCUT2D eigenvalue weighted by Crippen LogP contribution is -2.54. The molecule has 0 aromatic rings. The molecule has 1 unspecified atom stereocenters. The van der Waals surface area contributed by atoms with Crippen molar-refractivity contribution >= 4 is 5.91 Å². The Bertz CT molecular complexity index is 460. The molecule has 0 aromatic carbocycles. The molecule has 0 aromatic heterocycles. The van der Waals surface area contributed by atoms with Gasteiger partial charge in [-0.05, 0) is 6.92 Å². The van der Waals surface area contributed by atoms with Crippen LogP contribution < -0.4 is 5.32 Å². The lowest BCUT2D eigenvalue weighted by atomic mass is 10.00. The number of carbonyl (C=O) groups is 1. The first-order valence-corrected chi connectivity index (χ1v) is 5.76. The molecule has 2 aliphatic heterocycles. The largest absolute Gasteiger partial charge is 0.392 e. The Balaban J connectivity index is 2.21. The minimum atomic E-state index is -1.70. The van der Waals surface area contributed by atoms with Crippen molar-refractivity contribution in [3.05, 3.63) is 11.8 Å². The highest BCUT2D eigenvalue weighted by Gasteiger charge is 2.51. The predicted molar refractivity (Wildman–Crippen MR) is 60.7 cm³/mol.